The van der Waals surface area contributed by atoms with Gasteiger partial charge in [-0.25, -0.2) is 0 Å². The van der Waals surface area contributed by atoms with Crippen LogP contribution in [0.1, 0.15) is 73.1 Å². The van der Waals surface area contributed by atoms with E-state index in [0.717, 1.165) is 45.8 Å². The summed E-state index contributed by atoms with van der Waals surface area (Å²) < 4.78 is 19.0. The van der Waals surface area contributed by atoms with E-state index in [0.29, 0.717) is 30.1 Å². The Kier molecular flexibility index (Phi) is 11.2. The summed E-state index contributed by atoms with van der Waals surface area (Å²) in [5, 5.41) is 0. The van der Waals surface area contributed by atoms with Crippen molar-refractivity contribution in [1.82, 2.24) is 14.7 Å². The van der Waals surface area contributed by atoms with Gasteiger partial charge in [-0.05, 0) is 113 Å². The van der Waals surface area contributed by atoms with Gasteiger partial charge in [0.15, 0.2) is 0 Å². The molecular weight excluding hydrogens is 553 g/mol. The first kappa shape index (κ1) is 30.0. The van der Waals surface area contributed by atoms with Gasteiger partial charge in [-0.2, -0.15) is 0 Å². The second kappa shape index (κ2) is 13.0. The molecular formula is C28H54IN3O3. The third kappa shape index (κ3) is 8.49. The van der Waals surface area contributed by atoms with Gasteiger partial charge in [0.1, 0.15) is 4.11 Å². The molecule has 3 rings (SSSR count). The zero-order valence-electron chi connectivity index (χ0n) is 23.9. The summed E-state index contributed by atoms with van der Waals surface area (Å²) in [6.45, 7) is 17.4. The fourth-order valence-electron chi connectivity index (χ4n) is 6.64. The van der Waals surface area contributed by atoms with Crippen molar-refractivity contribution in [2.24, 2.45) is 11.8 Å². The lowest BCUT2D eigenvalue weighted by molar-refractivity contribution is -0.0162. The first-order valence-electron chi connectivity index (χ1n) is 14.0. The molecule has 7 heteroatoms. The molecule has 35 heavy (non-hydrogen) atoms. The summed E-state index contributed by atoms with van der Waals surface area (Å²) in [5.41, 5.74) is 0.337. The van der Waals surface area contributed by atoms with E-state index >= 15 is 0 Å². The third-order valence-electron chi connectivity index (χ3n) is 9.29. The lowest BCUT2D eigenvalue weighted by Gasteiger charge is -2.34. The molecule has 0 amide bonds. The van der Waals surface area contributed by atoms with Crippen LogP contribution in [0, 0.1) is 11.8 Å². The summed E-state index contributed by atoms with van der Waals surface area (Å²) in [5.74, 6) is 1.38. The van der Waals surface area contributed by atoms with E-state index in [1.165, 1.54) is 32.2 Å². The Labute approximate surface area is 229 Å². The van der Waals surface area contributed by atoms with Crippen LogP contribution >= 0.6 is 22.6 Å². The SMILES string of the molecule is CC(I)OC[C@H]1CC(CC(C)OC[C@@]2(C)CC(CC(C)OC[C@]3(C)CCCN3C)CN2C)CN1C. The molecule has 8 atom stereocenters. The quantitative estimate of drug-likeness (QED) is 0.219. The first-order chi connectivity index (χ1) is 16.4. The Morgan fingerprint density at radius 3 is 2.09 bits per heavy atom. The Morgan fingerprint density at radius 1 is 0.857 bits per heavy atom. The Balaban J connectivity index is 1.37. The first-order valence-corrected chi connectivity index (χ1v) is 15.3. The molecule has 3 aliphatic heterocycles. The van der Waals surface area contributed by atoms with Crippen LogP contribution in [-0.2, 0) is 14.2 Å². The summed E-state index contributed by atoms with van der Waals surface area (Å²) in [4.78, 5) is 7.48. The van der Waals surface area contributed by atoms with Gasteiger partial charge in [0, 0.05) is 30.2 Å². The molecule has 0 aromatic carbocycles. The number of likely N-dealkylation sites (N-methyl/N-ethyl adjacent to an activating group) is 3. The maximum absolute atomic E-state index is 6.49. The number of likely N-dealkylation sites (tertiary alicyclic amines) is 3. The Hall–Kier alpha value is 0.490. The molecule has 3 saturated heterocycles. The van der Waals surface area contributed by atoms with Crippen LogP contribution in [0.25, 0.3) is 0 Å². The van der Waals surface area contributed by atoms with E-state index < -0.39 is 0 Å². The molecule has 5 unspecified atom stereocenters. The largest absolute Gasteiger partial charge is 0.377 e. The van der Waals surface area contributed by atoms with Crippen molar-refractivity contribution < 1.29 is 14.2 Å². The van der Waals surface area contributed by atoms with Crippen LogP contribution in [0.15, 0.2) is 0 Å². The molecule has 0 saturated carbocycles. The van der Waals surface area contributed by atoms with Gasteiger partial charge >= 0.3 is 0 Å². The zero-order chi connectivity index (χ0) is 25.8. The molecule has 3 heterocycles. The smallest absolute Gasteiger partial charge is 0.106 e. The number of rotatable bonds is 13. The Bertz CT molecular complexity index is 655. The summed E-state index contributed by atoms with van der Waals surface area (Å²) in [6, 6.07) is 0.546. The second-order valence-electron chi connectivity index (χ2n) is 12.8. The molecule has 3 fully saturated rings. The average molecular weight is 608 g/mol. The minimum atomic E-state index is 0.121. The summed E-state index contributed by atoms with van der Waals surface area (Å²) >= 11 is 2.34. The van der Waals surface area contributed by atoms with E-state index in [1.807, 2.05) is 0 Å². The van der Waals surface area contributed by atoms with E-state index in [9.17, 15) is 0 Å². The lowest BCUT2D eigenvalue weighted by atomic mass is 9.91. The molecule has 0 N–H and O–H groups in total. The van der Waals surface area contributed by atoms with Crippen molar-refractivity contribution in [3.63, 3.8) is 0 Å². The third-order valence-corrected chi connectivity index (χ3v) is 9.65. The number of ether oxygens (including phenoxy) is 3. The lowest BCUT2D eigenvalue weighted by Crippen LogP contribution is -2.43. The second-order valence-corrected chi connectivity index (χ2v) is 14.5. The maximum Gasteiger partial charge on any atom is 0.106 e. The van der Waals surface area contributed by atoms with Crippen LogP contribution in [0.3, 0.4) is 0 Å². The van der Waals surface area contributed by atoms with Crippen LogP contribution < -0.4 is 0 Å². The van der Waals surface area contributed by atoms with Crippen LogP contribution in [-0.4, -0.2) is 109 Å². The zero-order valence-corrected chi connectivity index (χ0v) is 26.1. The van der Waals surface area contributed by atoms with Crippen molar-refractivity contribution in [2.75, 3.05) is 60.6 Å². The van der Waals surface area contributed by atoms with Gasteiger partial charge in [-0.15, -0.1) is 0 Å². The number of nitrogens with zero attached hydrogens (tertiary/aromatic N) is 3. The maximum atomic E-state index is 6.49. The average Bonchev–Trinajstić information content (AvgIpc) is 3.39. The van der Waals surface area contributed by atoms with Crippen LogP contribution in [0.2, 0.25) is 0 Å². The number of halogens is 1. The van der Waals surface area contributed by atoms with Crippen molar-refractivity contribution >= 4 is 22.6 Å². The minimum Gasteiger partial charge on any atom is -0.377 e. The monoisotopic (exact) mass is 607 g/mol. The van der Waals surface area contributed by atoms with Gasteiger partial charge in [0.25, 0.3) is 0 Å². The number of hydrogen-bond donors (Lipinski definition) is 0. The molecule has 0 radical (unpaired) electrons. The fourth-order valence-corrected chi connectivity index (χ4v) is 6.85. The van der Waals surface area contributed by atoms with E-state index in [2.05, 4.69) is 93.1 Å². The Morgan fingerprint density at radius 2 is 1.49 bits per heavy atom. The van der Waals surface area contributed by atoms with Gasteiger partial charge in [0.05, 0.1) is 32.0 Å². The van der Waals surface area contributed by atoms with Crippen LogP contribution in [0.5, 0.6) is 0 Å². The topological polar surface area (TPSA) is 37.4 Å². The molecule has 206 valence electrons. The standard InChI is InChI=1S/C28H54IN3O3/c1-21(12-24-14-26(30(6)16-24)18-33-23(3)29)35-20-28(5)15-25(17-32(28)8)13-22(2)34-19-27(4)10-9-11-31(27)7/h21-26H,9-20H2,1-8H3/t21?,22?,23?,24?,25?,26-,27+,28-/m1/s1. The van der Waals surface area contributed by atoms with Gasteiger partial charge in [-0.3, -0.25) is 9.80 Å². The number of hydrogen-bond acceptors (Lipinski definition) is 6. The van der Waals surface area contributed by atoms with Crippen molar-refractivity contribution in [2.45, 2.75) is 107 Å². The van der Waals surface area contributed by atoms with Crippen molar-refractivity contribution in [3.8, 4) is 0 Å². The normalized spacial score (nSPS) is 37.8. The molecule has 0 spiro atoms. The molecule has 0 aromatic heterocycles. The molecule has 3 aliphatic rings. The molecule has 0 bridgehead atoms. The number of alkyl halides is 1. The highest BCUT2D eigenvalue weighted by atomic mass is 127. The fraction of sp³-hybridized carbons (Fsp3) is 1.00. The predicted molar refractivity (Wildman–Crippen MR) is 153 cm³/mol. The summed E-state index contributed by atoms with van der Waals surface area (Å²) in [7, 11) is 6.76. The van der Waals surface area contributed by atoms with E-state index in [1.54, 1.807) is 0 Å². The van der Waals surface area contributed by atoms with E-state index in [4.69, 9.17) is 14.2 Å². The molecule has 6 nitrogen and oxygen atoms in total. The summed E-state index contributed by atoms with van der Waals surface area (Å²) in [6.07, 6.45) is 7.85. The van der Waals surface area contributed by atoms with Crippen molar-refractivity contribution in [3.05, 3.63) is 0 Å². The van der Waals surface area contributed by atoms with Gasteiger partial charge < -0.3 is 19.1 Å². The minimum absolute atomic E-state index is 0.121. The predicted octanol–water partition coefficient (Wildman–Crippen LogP) is 4.89. The van der Waals surface area contributed by atoms with E-state index in [-0.39, 0.29) is 15.2 Å². The molecule has 0 aromatic rings. The van der Waals surface area contributed by atoms with Crippen molar-refractivity contribution in [1.29, 1.82) is 0 Å². The van der Waals surface area contributed by atoms with Gasteiger partial charge in [-0.1, -0.05) is 22.6 Å². The van der Waals surface area contributed by atoms with Gasteiger partial charge in [0.2, 0.25) is 0 Å². The molecule has 0 aliphatic carbocycles. The highest BCUT2D eigenvalue weighted by molar-refractivity contribution is 14.1. The highest BCUT2D eigenvalue weighted by Gasteiger charge is 2.41. The van der Waals surface area contributed by atoms with Crippen LogP contribution in [0.4, 0.5) is 0 Å². The highest BCUT2D eigenvalue weighted by Crippen LogP contribution is 2.36.